The molecule has 0 fully saturated rings. The minimum absolute atomic E-state index is 0.0973. The molecule has 0 aliphatic carbocycles. The monoisotopic (exact) mass is 357 g/mol. The average Bonchev–Trinajstić information content (AvgIpc) is 2.98. The van der Waals surface area contributed by atoms with Crippen LogP contribution in [0.4, 0.5) is 4.39 Å². The molecule has 0 saturated carbocycles. The minimum atomic E-state index is -0.329. The zero-order chi connectivity index (χ0) is 18.8. The number of hydrogen-bond acceptors (Lipinski definition) is 4. The van der Waals surface area contributed by atoms with E-state index >= 15 is 0 Å². The van der Waals surface area contributed by atoms with Crippen LogP contribution in [0.5, 0.6) is 0 Å². The minimum Gasteiger partial charge on any atom is -0.347 e. The van der Waals surface area contributed by atoms with Gasteiger partial charge in [-0.2, -0.15) is 5.10 Å². The molecule has 1 aromatic carbocycles. The lowest BCUT2D eigenvalue weighted by Crippen LogP contribution is -2.36. The summed E-state index contributed by atoms with van der Waals surface area (Å²) in [5, 5.41) is 7.28. The lowest BCUT2D eigenvalue weighted by molar-refractivity contribution is -0.122. The normalized spacial score (nSPS) is 12.5. The van der Waals surface area contributed by atoms with Crippen LogP contribution in [0.25, 0.3) is 11.0 Å². The van der Waals surface area contributed by atoms with Gasteiger partial charge in [-0.05, 0) is 23.6 Å². The Bertz CT molecular complexity index is 991. The summed E-state index contributed by atoms with van der Waals surface area (Å²) in [7, 11) is 1.70. The van der Waals surface area contributed by atoms with Crippen LogP contribution in [0.2, 0.25) is 0 Å². The van der Waals surface area contributed by atoms with E-state index in [0.717, 1.165) is 5.56 Å². The van der Waals surface area contributed by atoms with Gasteiger partial charge >= 0.3 is 0 Å². The smallest absolute Gasteiger partial charge is 0.264 e. The Labute approximate surface area is 149 Å². The maximum absolute atomic E-state index is 13.1. The number of nitrogens with one attached hydrogen (secondary N) is 1. The van der Waals surface area contributed by atoms with E-state index in [4.69, 9.17) is 0 Å². The van der Waals surface area contributed by atoms with Gasteiger partial charge in [-0.25, -0.2) is 9.37 Å². The Kier molecular flexibility index (Phi) is 4.83. The Balaban J connectivity index is 1.80. The summed E-state index contributed by atoms with van der Waals surface area (Å²) in [6.07, 6.45) is 2.78. The fourth-order valence-corrected chi connectivity index (χ4v) is 2.86. The highest BCUT2D eigenvalue weighted by molar-refractivity contribution is 5.77. The Morgan fingerprint density at radius 2 is 1.96 bits per heavy atom. The molecule has 0 aliphatic heterocycles. The number of fused-ring (bicyclic) bond motifs is 1. The van der Waals surface area contributed by atoms with Crippen LogP contribution in [-0.4, -0.2) is 25.2 Å². The predicted octanol–water partition coefficient (Wildman–Crippen LogP) is 1.78. The van der Waals surface area contributed by atoms with Crippen molar-refractivity contribution in [2.45, 2.75) is 26.4 Å². The van der Waals surface area contributed by atoms with Gasteiger partial charge in [0.2, 0.25) is 5.91 Å². The van der Waals surface area contributed by atoms with Gasteiger partial charge in [0.05, 0.1) is 12.2 Å². The van der Waals surface area contributed by atoms with Crippen LogP contribution in [0.1, 0.15) is 25.5 Å². The zero-order valence-corrected chi connectivity index (χ0v) is 14.8. The highest BCUT2D eigenvalue weighted by atomic mass is 19.1. The number of hydrogen-bond donors (Lipinski definition) is 1. The van der Waals surface area contributed by atoms with Crippen molar-refractivity contribution in [3.05, 3.63) is 58.5 Å². The standard InChI is InChI=1S/C18H20FN5O2/c1-11(2)16(12-4-6-13(19)7-5-12)22-15(25)9-24-10-20-17-14(18(24)26)8-21-23(17)3/h4-8,10-11,16H,9H2,1-3H3,(H,22,25)/t16-/m0/s1. The topological polar surface area (TPSA) is 81.8 Å². The molecule has 0 aliphatic rings. The van der Waals surface area contributed by atoms with Crippen LogP contribution >= 0.6 is 0 Å². The molecule has 0 radical (unpaired) electrons. The molecule has 0 saturated heterocycles. The summed E-state index contributed by atoms with van der Waals surface area (Å²) in [6, 6.07) is 5.74. The molecular formula is C18H20FN5O2. The van der Waals surface area contributed by atoms with Crippen molar-refractivity contribution in [1.29, 1.82) is 0 Å². The van der Waals surface area contributed by atoms with Gasteiger partial charge in [-0.15, -0.1) is 0 Å². The molecule has 136 valence electrons. The van der Waals surface area contributed by atoms with Gasteiger partial charge in [-0.1, -0.05) is 26.0 Å². The molecule has 8 heteroatoms. The van der Waals surface area contributed by atoms with Gasteiger partial charge in [-0.3, -0.25) is 18.8 Å². The Morgan fingerprint density at radius 3 is 2.62 bits per heavy atom. The van der Waals surface area contributed by atoms with Crippen molar-refractivity contribution in [2.24, 2.45) is 13.0 Å². The summed E-state index contributed by atoms with van der Waals surface area (Å²) in [5.41, 5.74) is 0.960. The summed E-state index contributed by atoms with van der Waals surface area (Å²) >= 11 is 0. The molecule has 1 atom stereocenters. The van der Waals surface area contributed by atoms with Crippen molar-refractivity contribution < 1.29 is 9.18 Å². The average molecular weight is 357 g/mol. The molecule has 2 aromatic heterocycles. The second-order valence-corrected chi connectivity index (χ2v) is 6.52. The molecule has 1 amide bonds. The summed E-state index contributed by atoms with van der Waals surface area (Å²) in [6.45, 7) is 3.77. The summed E-state index contributed by atoms with van der Waals surface area (Å²) < 4.78 is 15.9. The molecule has 2 heterocycles. The van der Waals surface area contributed by atoms with Crippen molar-refractivity contribution >= 4 is 16.9 Å². The second kappa shape index (κ2) is 7.07. The lowest BCUT2D eigenvalue weighted by atomic mass is 9.96. The second-order valence-electron chi connectivity index (χ2n) is 6.52. The number of aromatic nitrogens is 4. The Hall–Kier alpha value is -3.03. The van der Waals surface area contributed by atoms with E-state index in [1.165, 1.54) is 33.9 Å². The molecule has 1 N–H and O–H groups in total. The first-order valence-electron chi connectivity index (χ1n) is 8.29. The van der Waals surface area contributed by atoms with Crippen molar-refractivity contribution in [1.82, 2.24) is 24.6 Å². The van der Waals surface area contributed by atoms with Crippen molar-refractivity contribution in [3.8, 4) is 0 Å². The molecule has 7 nitrogen and oxygen atoms in total. The molecule has 3 aromatic rings. The highest BCUT2D eigenvalue weighted by Crippen LogP contribution is 2.21. The molecule has 0 bridgehead atoms. The van der Waals surface area contributed by atoms with Gasteiger partial charge in [0.15, 0.2) is 5.65 Å². The van der Waals surface area contributed by atoms with Crippen LogP contribution in [0.15, 0.2) is 41.6 Å². The third-order valence-corrected chi connectivity index (χ3v) is 4.24. The number of amides is 1. The van der Waals surface area contributed by atoms with Crippen LogP contribution in [-0.2, 0) is 18.4 Å². The molecule has 0 spiro atoms. The highest BCUT2D eigenvalue weighted by Gasteiger charge is 2.19. The maximum Gasteiger partial charge on any atom is 0.264 e. The fraction of sp³-hybridized carbons (Fsp3) is 0.333. The van der Waals surface area contributed by atoms with E-state index in [-0.39, 0.29) is 35.8 Å². The zero-order valence-electron chi connectivity index (χ0n) is 14.8. The SMILES string of the molecule is CC(C)[C@H](NC(=O)Cn1cnc2c(cnn2C)c1=O)c1ccc(F)cc1. The maximum atomic E-state index is 13.1. The number of carbonyl (C=O) groups is 1. The van der Waals surface area contributed by atoms with Gasteiger partial charge in [0.1, 0.15) is 24.1 Å². The van der Waals surface area contributed by atoms with Crippen molar-refractivity contribution in [2.75, 3.05) is 0 Å². The lowest BCUT2D eigenvalue weighted by Gasteiger charge is -2.23. The van der Waals surface area contributed by atoms with Crippen LogP contribution in [0.3, 0.4) is 0 Å². The van der Waals surface area contributed by atoms with E-state index in [1.54, 1.807) is 19.2 Å². The molecular weight excluding hydrogens is 337 g/mol. The Morgan fingerprint density at radius 1 is 1.27 bits per heavy atom. The summed E-state index contributed by atoms with van der Waals surface area (Å²) in [5.74, 6) is -0.551. The van der Waals surface area contributed by atoms with Crippen LogP contribution in [0, 0.1) is 11.7 Å². The molecule has 3 rings (SSSR count). The van der Waals surface area contributed by atoms with Gasteiger partial charge < -0.3 is 5.32 Å². The van der Waals surface area contributed by atoms with Gasteiger partial charge in [0.25, 0.3) is 5.56 Å². The first-order chi connectivity index (χ1) is 12.4. The third kappa shape index (κ3) is 3.49. The number of benzene rings is 1. The first kappa shape index (κ1) is 17.8. The van der Waals surface area contributed by atoms with E-state index in [1.807, 2.05) is 13.8 Å². The van der Waals surface area contributed by atoms with Crippen molar-refractivity contribution in [3.63, 3.8) is 0 Å². The fourth-order valence-electron chi connectivity index (χ4n) is 2.86. The number of rotatable bonds is 5. The van der Waals surface area contributed by atoms with E-state index in [0.29, 0.717) is 11.0 Å². The van der Waals surface area contributed by atoms with E-state index in [9.17, 15) is 14.0 Å². The number of aryl methyl sites for hydroxylation is 1. The third-order valence-electron chi connectivity index (χ3n) is 4.24. The largest absolute Gasteiger partial charge is 0.347 e. The number of halogens is 1. The molecule has 26 heavy (non-hydrogen) atoms. The number of carbonyl (C=O) groups excluding carboxylic acids is 1. The summed E-state index contributed by atoms with van der Waals surface area (Å²) in [4.78, 5) is 29.1. The van der Waals surface area contributed by atoms with E-state index in [2.05, 4.69) is 15.4 Å². The number of nitrogens with zero attached hydrogens (tertiary/aromatic N) is 4. The van der Waals surface area contributed by atoms with E-state index < -0.39 is 0 Å². The van der Waals surface area contributed by atoms with Crippen LogP contribution < -0.4 is 10.9 Å². The van der Waals surface area contributed by atoms with Gasteiger partial charge in [0, 0.05) is 7.05 Å². The quantitative estimate of drug-likeness (QED) is 0.755. The molecule has 0 unspecified atom stereocenters. The predicted molar refractivity (Wildman–Crippen MR) is 94.9 cm³/mol. The first-order valence-corrected chi connectivity index (χ1v) is 8.29.